The van der Waals surface area contributed by atoms with Crippen LogP contribution in [0.25, 0.3) is 0 Å². The van der Waals surface area contributed by atoms with E-state index in [9.17, 15) is 8.42 Å². The summed E-state index contributed by atoms with van der Waals surface area (Å²) in [5.74, 6) is 0.456. The summed E-state index contributed by atoms with van der Waals surface area (Å²) >= 11 is 0. The van der Waals surface area contributed by atoms with Gasteiger partial charge in [0.1, 0.15) is 6.61 Å². The molecule has 6 nitrogen and oxygen atoms in total. The third kappa shape index (κ3) is 5.94. The van der Waals surface area contributed by atoms with Crippen LogP contribution in [-0.4, -0.2) is 43.8 Å². The first kappa shape index (κ1) is 13.3. The standard InChI is InChI=1S/C8H13ClN2O4S/c1-11-7-8(6-10-11)15-3-2-14-4-5-16(9,12)13/h6-7H,2-5H2,1H3. The Labute approximate surface area is 98.5 Å². The maximum atomic E-state index is 10.5. The Balaban J connectivity index is 2.04. The summed E-state index contributed by atoms with van der Waals surface area (Å²) in [7, 11) is 3.31. The summed E-state index contributed by atoms with van der Waals surface area (Å²) < 4.78 is 33.0. The van der Waals surface area contributed by atoms with Gasteiger partial charge in [0.25, 0.3) is 0 Å². The lowest BCUT2D eigenvalue weighted by atomic mass is 10.6. The minimum Gasteiger partial charge on any atom is -0.488 e. The molecular weight excluding hydrogens is 256 g/mol. The van der Waals surface area contributed by atoms with Crippen molar-refractivity contribution in [3.8, 4) is 5.75 Å². The van der Waals surface area contributed by atoms with Crippen molar-refractivity contribution in [2.75, 3.05) is 25.6 Å². The van der Waals surface area contributed by atoms with E-state index in [4.69, 9.17) is 20.2 Å². The fraction of sp³-hybridized carbons (Fsp3) is 0.625. The molecule has 0 saturated carbocycles. The molecule has 16 heavy (non-hydrogen) atoms. The van der Waals surface area contributed by atoms with Crippen molar-refractivity contribution in [2.45, 2.75) is 0 Å². The third-order valence-electron chi connectivity index (χ3n) is 1.65. The summed E-state index contributed by atoms with van der Waals surface area (Å²) in [6.07, 6.45) is 3.31. The van der Waals surface area contributed by atoms with E-state index in [1.54, 1.807) is 24.1 Å². The molecule has 0 spiro atoms. The molecule has 0 N–H and O–H groups in total. The molecule has 0 aliphatic heterocycles. The topological polar surface area (TPSA) is 70.4 Å². The minimum atomic E-state index is -3.47. The van der Waals surface area contributed by atoms with Crippen molar-refractivity contribution in [2.24, 2.45) is 7.05 Å². The lowest BCUT2D eigenvalue weighted by Gasteiger charge is -2.03. The average molecular weight is 269 g/mol. The van der Waals surface area contributed by atoms with Crippen LogP contribution in [0, 0.1) is 0 Å². The Morgan fingerprint density at radius 1 is 1.44 bits per heavy atom. The second kappa shape index (κ2) is 6.07. The molecule has 1 aromatic heterocycles. The van der Waals surface area contributed by atoms with Crippen LogP contribution in [0.2, 0.25) is 0 Å². The molecule has 0 amide bonds. The fourth-order valence-corrected chi connectivity index (χ4v) is 1.46. The molecule has 0 aliphatic carbocycles. The fourth-order valence-electron chi connectivity index (χ4n) is 0.952. The monoisotopic (exact) mass is 268 g/mol. The van der Waals surface area contributed by atoms with Crippen molar-refractivity contribution in [1.29, 1.82) is 0 Å². The van der Waals surface area contributed by atoms with Crippen molar-refractivity contribution in [1.82, 2.24) is 9.78 Å². The lowest BCUT2D eigenvalue weighted by Crippen LogP contribution is -2.11. The van der Waals surface area contributed by atoms with Crippen LogP contribution in [0.1, 0.15) is 0 Å². The van der Waals surface area contributed by atoms with E-state index < -0.39 is 9.05 Å². The van der Waals surface area contributed by atoms with E-state index in [1.165, 1.54) is 0 Å². The number of rotatable bonds is 7. The summed E-state index contributed by atoms with van der Waals surface area (Å²) in [5, 5.41) is 3.92. The van der Waals surface area contributed by atoms with E-state index in [0.29, 0.717) is 19.0 Å². The highest BCUT2D eigenvalue weighted by molar-refractivity contribution is 8.13. The molecule has 8 heteroatoms. The zero-order valence-corrected chi connectivity index (χ0v) is 10.4. The normalized spacial score (nSPS) is 11.6. The second-order valence-corrected chi connectivity index (χ2v) is 5.95. The van der Waals surface area contributed by atoms with Gasteiger partial charge in [-0.05, 0) is 0 Å². The van der Waals surface area contributed by atoms with Gasteiger partial charge in [-0.15, -0.1) is 0 Å². The van der Waals surface area contributed by atoms with Crippen LogP contribution >= 0.6 is 10.7 Å². The molecule has 1 rings (SSSR count). The van der Waals surface area contributed by atoms with E-state index in [2.05, 4.69) is 5.10 Å². The molecule has 0 atom stereocenters. The number of ether oxygens (including phenoxy) is 2. The SMILES string of the molecule is Cn1cc(OCCOCCS(=O)(=O)Cl)cn1. The minimum absolute atomic E-state index is 0.0717. The number of hydrogen-bond acceptors (Lipinski definition) is 5. The van der Waals surface area contributed by atoms with Gasteiger partial charge in [-0.25, -0.2) is 8.42 Å². The number of aryl methyl sites for hydroxylation is 1. The molecule has 0 unspecified atom stereocenters. The molecule has 1 aromatic rings. The van der Waals surface area contributed by atoms with E-state index in [0.717, 1.165) is 0 Å². The van der Waals surface area contributed by atoms with Gasteiger partial charge >= 0.3 is 0 Å². The molecule has 0 aromatic carbocycles. The Bertz CT molecular complexity index is 417. The zero-order valence-electron chi connectivity index (χ0n) is 8.80. The van der Waals surface area contributed by atoms with Crippen molar-refractivity contribution in [3.05, 3.63) is 12.4 Å². The molecule has 0 radical (unpaired) electrons. The Kier molecular flexibility index (Phi) is 5.04. The van der Waals surface area contributed by atoms with Gasteiger partial charge in [-0.1, -0.05) is 0 Å². The van der Waals surface area contributed by atoms with Crippen LogP contribution < -0.4 is 4.74 Å². The van der Waals surface area contributed by atoms with Crippen LogP contribution in [0.4, 0.5) is 0 Å². The number of hydrogen-bond donors (Lipinski definition) is 0. The van der Waals surface area contributed by atoms with E-state index in [1.807, 2.05) is 0 Å². The maximum Gasteiger partial charge on any atom is 0.234 e. The molecule has 92 valence electrons. The second-order valence-electron chi connectivity index (χ2n) is 3.05. The predicted molar refractivity (Wildman–Crippen MR) is 59.2 cm³/mol. The van der Waals surface area contributed by atoms with Crippen LogP contribution in [-0.2, 0) is 20.8 Å². The first-order valence-electron chi connectivity index (χ1n) is 4.59. The van der Waals surface area contributed by atoms with E-state index in [-0.39, 0.29) is 12.4 Å². The molecule has 0 aliphatic rings. The number of halogens is 1. The smallest absolute Gasteiger partial charge is 0.234 e. The van der Waals surface area contributed by atoms with Gasteiger partial charge in [-0.3, -0.25) is 4.68 Å². The van der Waals surface area contributed by atoms with Crippen molar-refractivity contribution in [3.63, 3.8) is 0 Å². The molecule has 1 heterocycles. The largest absolute Gasteiger partial charge is 0.488 e. The van der Waals surface area contributed by atoms with Gasteiger partial charge in [0, 0.05) is 17.7 Å². The highest BCUT2D eigenvalue weighted by atomic mass is 35.7. The van der Waals surface area contributed by atoms with Crippen molar-refractivity contribution >= 4 is 19.7 Å². The Morgan fingerprint density at radius 3 is 2.75 bits per heavy atom. The Morgan fingerprint density at radius 2 is 2.19 bits per heavy atom. The van der Waals surface area contributed by atoms with Gasteiger partial charge < -0.3 is 9.47 Å². The summed E-state index contributed by atoms with van der Waals surface area (Å²) in [4.78, 5) is 0. The van der Waals surface area contributed by atoms with E-state index >= 15 is 0 Å². The zero-order chi connectivity index (χ0) is 12.0. The van der Waals surface area contributed by atoms with Gasteiger partial charge in [0.15, 0.2) is 5.75 Å². The number of nitrogens with zero attached hydrogens (tertiary/aromatic N) is 2. The molecular formula is C8H13ClN2O4S. The van der Waals surface area contributed by atoms with Crippen LogP contribution in [0.15, 0.2) is 12.4 Å². The molecule has 0 fully saturated rings. The van der Waals surface area contributed by atoms with Crippen LogP contribution in [0.5, 0.6) is 5.75 Å². The third-order valence-corrected chi connectivity index (χ3v) is 2.77. The highest BCUT2D eigenvalue weighted by Gasteiger charge is 2.04. The molecule has 0 saturated heterocycles. The van der Waals surface area contributed by atoms with Gasteiger partial charge in [-0.2, -0.15) is 5.10 Å². The lowest BCUT2D eigenvalue weighted by molar-refractivity contribution is 0.111. The number of aromatic nitrogens is 2. The summed E-state index contributed by atoms with van der Waals surface area (Å²) in [6, 6.07) is 0. The van der Waals surface area contributed by atoms with Gasteiger partial charge in [0.05, 0.1) is 31.4 Å². The first-order chi connectivity index (χ1) is 7.47. The molecule has 0 bridgehead atoms. The summed E-state index contributed by atoms with van der Waals surface area (Å²) in [6.45, 7) is 0.720. The first-order valence-corrected chi connectivity index (χ1v) is 7.07. The maximum absolute atomic E-state index is 10.5. The Hall–Kier alpha value is -0.790. The van der Waals surface area contributed by atoms with Crippen molar-refractivity contribution < 1.29 is 17.9 Å². The highest BCUT2D eigenvalue weighted by Crippen LogP contribution is 2.06. The summed E-state index contributed by atoms with van der Waals surface area (Å²) in [5.41, 5.74) is 0. The van der Waals surface area contributed by atoms with Gasteiger partial charge in [0.2, 0.25) is 9.05 Å². The van der Waals surface area contributed by atoms with Crippen LogP contribution in [0.3, 0.4) is 0 Å². The predicted octanol–water partition coefficient (Wildman–Crippen LogP) is 0.384. The quantitative estimate of drug-likeness (QED) is 0.528. The average Bonchev–Trinajstić information content (AvgIpc) is 2.56.